The molecule has 0 saturated heterocycles. The van der Waals surface area contributed by atoms with Crippen molar-refractivity contribution in [1.82, 2.24) is 4.57 Å². The van der Waals surface area contributed by atoms with Crippen LogP contribution in [0.2, 0.25) is 0 Å². The van der Waals surface area contributed by atoms with Gasteiger partial charge in [-0.1, -0.05) is 24.5 Å². The van der Waals surface area contributed by atoms with Crippen molar-refractivity contribution in [2.75, 3.05) is 6.54 Å². The number of fused-ring (bicyclic) bond motifs is 1. The van der Waals surface area contributed by atoms with Crippen molar-refractivity contribution >= 4 is 10.9 Å². The average molecular weight is 242 g/mol. The second-order valence-electron chi connectivity index (χ2n) is 5.87. The van der Waals surface area contributed by atoms with Gasteiger partial charge in [0.05, 0.1) is 0 Å². The van der Waals surface area contributed by atoms with Crippen LogP contribution in [0.3, 0.4) is 0 Å². The third-order valence-corrected chi connectivity index (χ3v) is 4.67. The van der Waals surface area contributed by atoms with E-state index in [1.807, 2.05) is 0 Å². The number of rotatable bonds is 2. The Morgan fingerprint density at radius 1 is 1.28 bits per heavy atom. The van der Waals surface area contributed by atoms with Crippen LogP contribution >= 0.6 is 0 Å². The van der Waals surface area contributed by atoms with Crippen molar-refractivity contribution in [1.29, 1.82) is 0 Å². The molecule has 0 radical (unpaired) electrons. The quantitative estimate of drug-likeness (QED) is 0.861. The molecule has 1 saturated carbocycles. The molecule has 1 heterocycles. The monoisotopic (exact) mass is 242 g/mol. The van der Waals surface area contributed by atoms with Crippen molar-refractivity contribution in [3.8, 4) is 0 Å². The summed E-state index contributed by atoms with van der Waals surface area (Å²) < 4.78 is 2.25. The highest BCUT2D eigenvalue weighted by Crippen LogP contribution is 2.43. The molecule has 1 aromatic heterocycles. The standard InChI is InChI=1S/C16H22N2/c1-12-5-6-15-13(9-12)14(10-18(15)2)16(11-17)7-3-4-8-16/h5-6,9-10H,3-4,7-8,11,17H2,1-2H3. The molecule has 0 amide bonds. The first-order valence-electron chi connectivity index (χ1n) is 6.92. The second kappa shape index (κ2) is 4.13. The second-order valence-corrected chi connectivity index (χ2v) is 5.87. The van der Waals surface area contributed by atoms with Gasteiger partial charge in [-0.15, -0.1) is 0 Å². The van der Waals surface area contributed by atoms with E-state index in [9.17, 15) is 0 Å². The van der Waals surface area contributed by atoms with Gasteiger partial charge in [-0.05, 0) is 37.5 Å². The molecule has 3 rings (SSSR count). The minimum absolute atomic E-state index is 0.229. The molecule has 1 aliphatic carbocycles. The fourth-order valence-corrected chi connectivity index (χ4v) is 3.56. The number of aromatic nitrogens is 1. The summed E-state index contributed by atoms with van der Waals surface area (Å²) in [6, 6.07) is 6.74. The maximum atomic E-state index is 6.13. The number of hydrogen-bond donors (Lipinski definition) is 1. The molecule has 0 aliphatic heterocycles. The highest BCUT2D eigenvalue weighted by atomic mass is 14.9. The minimum Gasteiger partial charge on any atom is -0.350 e. The number of benzene rings is 1. The summed E-state index contributed by atoms with van der Waals surface area (Å²) in [7, 11) is 2.14. The molecule has 1 aromatic carbocycles. The van der Waals surface area contributed by atoms with Crippen molar-refractivity contribution in [3.05, 3.63) is 35.5 Å². The molecule has 2 heteroatoms. The van der Waals surface area contributed by atoms with E-state index in [1.54, 1.807) is 0 Å². The van der Waals surface area contributed by atoms with Crippen molar-refractivity contribution in [2.45, 2.75) is 38.0 Å². The van der Waals surface area contributed by atoms with Crippen LogP contribution in [0.1, 0.15) is 36.8 Å². The van der Waals surface area contributed by atoms with Crippen LogP contribution in [0.15, 0.2) is 24.4 Å². The summed E-state index contributed by atoms with van der Waals surface area (Å²) in [4.78, 5) is 0. The van der Waals surface area contributed by atoms with Crippen molar-refractivity contribution in [3.63, 3.8) is 0 Å². The van der Waals surface area contributed by atoms with Crippen molar-refractivity contribution in [2.24, 2.45) is 12.8 Å². The maximum absolute atomic E-state index is 6.13. The van der Waals surface area contributed by atoms with Crippen LogP contribution in [0.4, 0.5) is 0 Å². The van der Waals surface area contributed by atoms with Crippen LogP contribution in [0.5, 0.6) is 0 Å². The van der Waals surface area contributed by atoms with Crippen LogP contribution in [0.25, 0.3) is 10.9 Å². The van der Waals surface area contributed by atoms with E-state index in [4.69, 9.17) is 5.73 Å². The number of aryl methyl sites for hydroxylation is 2. The summed E-state index contributed by atoms with van der Waals surface area (Å²) in [5.74, 6) is 0. The Hall–Kier alpha value is -1.28. The first-order chi connectivity index (χ1) is 8.66. The smallest absolute Gasteiger partial charge is 0.0480 e. The fourth-order valence-electron chi connectivity index (χ4n) is 3.56. The molecule has 18 heavy (non-hydrogen) atoms. The van der Waals surface area contributed by atoms with E-state index in [0.717, 1.165) is 6.54 Å². The molecule has 0 bridgehead atoms. The summed E-state index contributed by atoms with van der Waals surface area (Å²) in [6.45, 7) is 2.94. The largest absolute Gasteiger partial charge is 0.350 e. The molecule has 0 unspecified atom stereocenters. The Balaban J connectivity index is 2.25. The third-order valence-electron chi connectivity index (χ3n) is 4.67. The predicted molar refractivity (Wildman–Crippen MR) is 76.9 cm³/mol. The molecular weight excluding hydrogens is 220 g/mol. The van der Waals surface area contributed by atoms with Gasteiger partial charge >= 0.3 is 0 Å². The number of nitrogens with two attached hydrogens (primary N) is 1. The molecule has 1 aliphatic rings. The van der Waals surface area contributed by atoms with Gasteiger partial charge in [0.1, 0.15) is 0 Å². The summed E-state index contributed by atoms with van der Waals surface area (Å²) in [6.07, 6.45) is 7.44. The maximum Gasteiger partial charge on any atom is 0.0480 e. The van der Waals surface area contributed by atoms with E-state index in [1.165, 1.54) is 47.7 Å². The molecule has 96 valence electrons. The molecule has 1 fully saturated rings. The van der Waals surface area contributed by atoms with Gasteiger partial charge in [-0.25, -0.2) is 0 Å². The fraction of sp³-hybridized carbons (Fsp3) is 0.500. The lowest BCUT2D eigenvalue weighted by Gasteiger charge is -2.27. The highest BCUT2D eigenvalue weighted by Gasteiger charge is 2.36. The van der Waals surface area contributed by atoms with Gasteiger partial charge in [0.15, 0.2) is 0 Å². The lowest BCUT2D eigenvalue weighted by molar-refractivity contribution is 0.456. The van der Waals surface area contributed by atoms with Crippen LogP contribution in [0, 0.1) is 6.92 Å². The van der Waals surface area contributed by atoms with E-state index < -0.39 is 0 Å². The number of nitrogens with zero attached hydrogens (tertiary/aromatic N) is 1. The number of hydrogen-bond acceptors (Lipinski definition) is 1. The zero-order valence-corrected chi connectivity index (χ0v) is 11.4. The molecular formula is C16H22N2. The van der Waals surface area contributed by atoms with Crippen LogP contribution < -0.4 is 5.73 Å². The average Bonchev–Trinajstić information content (AvgIpc) is 2.95. The topological polar surface area (TPSA) is 30.9 Å². The van der Waals surface area contributed by atoms with Crippen molar-refractivity contribution < 1.29 is 0 Å². The SMILES string of the molecule is Cc1ccc2c(c1)c(C1(CN)CCCC1)cn2C. The molecule has 2 N–H and O–H groups in total. The van der Waals surface area contributed by atoms with Crippen LogP contribution in [-0.2, 0) is 12.5 Å². The summed E-state index contributed by atoms with van der Waals surface area (Å²) >= 11 is 0. The normalized spacial score (nSPS) is 18.6. The Morgan fingerprint density at radius 2 is 2.00 bits per heavy atom. The Morgan fingerprint density at radius 3 is 2.67 bits per heavy atom. The molecule has 0 atom stereocenters. The molecule has 0 spiro atoms. The Kier molecular flexibility index (Phi) is 2.70. The Labute approximate surface area is 109 Å². The third kappa shape index (κ3) is 1.59. The van der Waals surface area contributed by atoms with Gasteiger partial charge in [0.25, 0.3) is 0 Å². The predicted octanol–water partition coefficient (Wildman–Crippen LogP) is 3.26. The molecule has 2 nitrogen and oxygen atoms in total. The molecule has 2 aromatic rings. The van der Waals surface area contributed by atoms with E-state index in [0.29, 0.717) is 0 Å². The summed E-state index contributed by atoms with van der Waals surface area (Å²) in [5.41, 5.74) is 10.5. The first-order valence-corrected chi connectivity index (χ1v) is 6.92. The summed E-state index contributed by atoms with van der Waals surface area (Å²) in [5, 5.41) is 1.41. The van der Waals surface area contributed by atoms with Gasteiger partial charge in [-0.3, -0.25) is 0 Å². The zero-order valence-electron chi connectivity index (χ0n) is 11.4. The zero-order chi connectivity index (χ0) is 12.8. The highest BCUT2D eigenvalue weighted by molar-refractivity contribution is 5.86. The van der Waals surface area contributed by atoms with Gasteiger partial charge in [0, 0.05) is 36.1 Å². The van der Waals surface area contributed by atoms with Crippen LogP contribution in [-0.4, -0.2) is 11.1 Å². The lowest BCUT2D eigenvalue weighted by atomic mass is 9.79. The lowest BCUT2D eigenvalue weighted by Crippen LogP contribution is -2.31. The van der Waals surface area contributed by atoms with Gasteiger partial charge in [-0.2, -0.15) is 0 Å². The van der Waals surface area contributed by atoms with E-state index >= 15 is 0 Å². The minimum atomic E-state index is 0.229. The van der Waals surface area contributed by atoms with Gasteiger partial charge in [0.2, 0.25) is 0 Å². The van der Waals surface area contributed by atoms with E-state index in [-0.39, 0.29) is 5.41 Å². The van der Waals surface area contributed by atoms with E-state index in [2.05, 4.69) is 42.9 Å². The van der Waals surface area contributed by atoms with Gasteiger partial charge < -0.3 is 10.3 Å². The Bertz CT molecular complexity index is 574. The first kappa shape index (κ1) is 11.8.